The van der Waals surface area contributed by atoms with Crippen molar-refractivity contribution in [1.82, 2.24) is 4.98 Å². The van der Waals surface area contributed by atoms with Crippen molar-refractivity contribution in [2.24, 2.45) is 0 Å². The number of ether oxygens (including phenoxy) is 2. The van der Waals surface area contributed by atoms with Gasteiger partial charge in [-0.05, 0) is 43.3 Å². The number of fused-ring (bicyclic) bond motifs is 1. The summed E-state index contributed by atoms with van der Waals surface area (Å²) in [6.45, 7) is 2.86. The normalized spacial score (nSPS) is 13.0. The van der Waals surface area contributed by atoms with Crippen LogP contribution in [-0.2, 0) is 10.0 Å². The van der Waals surface area contributed by atoms with Gasteiger partial charge in [0, 0.05) is 11.8 Å². The number of hydrogen-bond donors (Lipinski definition) is 2. The van der Waals surface area contributed by atoms with Gasteiger partial charge in [-0.15, -0.1) is 0 Å². The highest BCUT2D eigenvalue weighted by atomic mass is 32.2. The zero-order valence-corrected chi connectivity index (χ0v) is 16.0. The Kier molecular flexibility index (Phi) is 4.79. The SMILES string of the molecule is Cc1ccc(Nc2ccc(NS(=O)(=O)c3ccc4c(c3)OCCO4)cn2)cc1. The number of benzene rings is 2. The van der Waals surface area contributed by atoms with Gasteiger partial charge in [-0.3, -0.25) is 4.72 Å². The molecule has 4 rings (SSSR count). The zero-order chi connectivity index (χ0) is 19.6. The second kappa shape index (κ2) is 7.40. The Balaban J connectivity index is 1.48. The van der Waals surface area contributed by atoms with Gasteiger partial charge in [0.25, 0.3) is 10.0 Å². The molecule has 0 spiro atoms. The number of aromatic nitrogens is 1. The molecule has 0 saturated heterocycles. The van der Waals surface area contributed by atoms with Crippen molar-refractivity contribution < 1.29 is 17.9 Å². The molecule has 7 nitrogen and oxygen atoms in total. The van der Waals surface area contributed by atoms with Crippen LogP contribution in [-0.4, -0.2) is 26.6 Å². The van der Waals surface area contributed by atoms with Crippen LogP contribution >= 0.6 is 0 Å². The lowest BCUT2D eigenvalue weighted by Crippen LogP contribution is -2.17. The summed E-state index contributed by atoms with van der Waals surface area (Å²) in [7, 11) is -3.77. The van der Waals surface area contributed by atoms with Crippen LogP contribution in [0, 0.1) is 6.92 Å². The molecule has 1 aliphatic rings. The van der Waals surface area contributed by atoms with Crippen LogP contribution in [0.15, 0.2) is 65.7 Å². The van der Waals surface area contributed by atoms with E-state index in [0.717, 1.165) is 5.69 Å². The monoisotopic (exact) mass is 397 g/mol. The number of pyridine rings is 1. The van der Waals surface area contributed by atoms with E-state index in [1.54, 1.807) is 18.2 Å². The number of nitrogens with one attached hydrogen (secondary N) is 2. The Bertz CT molecular complexity index is 1080. The molecule has 0 unspecified atom stereocenters. The maximum absolute atomic E-state index is 12.6. The van der Waals surface area contributed by atoms with E-state index in [0.29, 0.717) is 36.2 Å². The molecule has 144 valence electrons. The lowest BCUT2D eigenvalue weighted by Gasteiger charge is -2.19. The zero-order valence-electron chi connectivity index (χ0n) is 15.2. The first-order valence-corrected chi connectivity index (χ1v) is 10.2. The van der Waals surface area contributed by atoms with Crippen molar-refractivity contribution in [2.45, 2.75) is 11.8 Å². The standard InChI is InChI=1S/C20H19N3O4S/c1-14-2-4-15(5-3-14)22-20-9-6-16(13-21-20)23-28(24,25)17-7-8-18-19(12-17)27-11-10-26-18/h2-9,12-13,23H,10-11H2,1H3,(H,21,22). The van der Waals surface area contributed by atoms with Crippen LogP contribution in [0.4, 0.5) is 17.2 Å². The first-order valence-electron chi connectivity index (χ1n) is 8.72. The number of aryl methyl sites for hydroxylation is 1. The van der Waals surface area contributed by atoms with E-state index in [1.807, 2.05) is 31.2 Å². The van der Waals surface area contributed by atoms with E-state index in [1.165, 1.54) is 23.9 Å². The second-order valence-corrected chi connectivity index (χ2v) is 8.02. The minimum Gasteiger partial charge on any atom is -0.486 e. The van der Waals surface area contributed by atoms with Gasteiger partial charge in [-0.1, -0.05) is 17.7 Å². The third-order valence-electron chi connectivity index (χ3n) is 4.16. The molecule has 3 aromatic rings. The quantitative estimate of drug-likeness (QED) is 0.682. The number of hydrogen-bond acceptors (Lipinski definition) is 6. The molecule has 0 radical (unpaired) electrons. The average molecular weight is 397 g/mol. The van der Waals surface area contributed by atoms with Crippen LogP contribution in [0.3, 0.4) is 0 Å². The van der Waals surface area contributed by atoms with E-state index in [-0.39, 0.29) is 4.90 Å². The van der Waals surface area contributed by atoms with E-state index < -0.39 is 10.0 Å². The smallest absolute Gasteiger partial charge is 0.262 e. The molecule has 1 aliphatic heterocycles. The summed E-state index contributed by atoms with van der Waals surface area (Å²) in [6.07, 6.45) is 1.46. The van der Waals surface area contributed by atoms with Crippen molar-refractivity contribution in [3.8, 4) is 11.5 Å². The summed E-state index contributed by atoms with van der Waals surface area (Å²) in [5, 5.41) is 3.17. The summed E-state index contributed by atoms with van der Waals surface area (Å²) < 4.78 is 38.7. The molecule has 8 heteroatoms. The second-order valence-electron chi connectivity index (χ2n) is 6.33. The summed E-state index contributed by atoms with van der Waals surface area (Å²) >= 11 is 0. The molecular weight excluding hydrogens is 378 g/mol. The van der Waals surface area contributed by atoms with E-state index in [4.69, 9.17) is 9.47 Å². The maximum atomic E-state index is 12.6. The minimum absolute atomic E-state index is 0.0959. The highest BCUT2D eigenvalue weighted by molar-refractivity contribution is 7.92. The average Bonchev–Trinajstić information content (AvgIpc) is 2.70. The van der Waals surface area contributed by atoms with Crippen LogP contribution in [0.25, 0.3) is 0 Å². The predicted octanol–water partition coefficient (Wildman–Crippen LogP) is 3.71. The molecule has 0 saturated carbocycles. The summed E-state index contributed by atoms with van der Waals surface area (Å²) in [4.78, 5) is 4.36. The number of nitrogens with zero attached hydrogens (tertiary/aromatic N) is 1. The fraction of sp³-hybridized carbons (Fsp3) is 0.150. The fourth-order valence-corrected chi connectivity index (χ4v) is 3.78. The van der Waals surface area contributed by atoms with Gasteiger partial charge in [0.2, 0.25) is 0 Å². The number of sulfonamides is 1. The summed E-state index contributed by atoms with van der Waals surface area (Å²) in [5.74, 6) is 1.58. The largest absolute Gasteiger partial charge is 0.486 e. The van der Waals surface area contributed by atoms with Crippen LogP contribution in [0.5, 0.6) is 11.5 Å². The molecule has 2 heterocycles. The molecule has 0 atom stereocenters. The number of rotatable bonds is 5. The van der Waals surface area contributed by atoms with Crippen molar-refractivity contribution in [2.75, 3.05) is 23.3 Å². The summed E-state index contributed by atoms with van der Waals surface area (Å²) in [5.41, 5.74) is 2.44. The van der Waals surface area contributed by atoms with Crippen molar-refractivity contribution >= 4 is 27.2 Å². The molecule has 2 N–H and O–H groups in total. The van der Waals surface area contributed by atoms with Crippen LogP contribution in [0.1, 0.15) is 5.56 Å². The Morgan fingerprint density at radius 1 is 0.893 bits per heavy atom. The lowest BCUT2D eigenvalue weighted by molar-refractivity contribution is 0.171. The highest BCUT2D eigenvalue weighted by Gasteiger charge is 2.19. The molecule has 1 aromatic heterocycles. The minimum atomic E-state index is -3.77. The lowest BCUT2D eigenvalue weighted by atomic mass is 10.2. The molecule has 0 amide bonds. The Labute approximate surface area is 163 Å². The first kappa shape index (κ1) is 18.1. The third kappa shape index (κ3) is 4.01. The van der Waals surface area contributed by atoms with Gasteiger partial charge in [0.05, 0.1) is 16.8 Å². The molecule has 0 aliphatic carbocycles. The van der Waals surface area contributed by atoms with Gasteiger partial charge in [-0.25, -0.2) is 13.4 Å². The fourth-order valence-electron chi connectivity index (χ4n) is 2.72. The Morgan fingerprint density at radius 3 is 2.32 bits per heavy atom. The van der Waals surface area contributed by atoms with Gasteiger partial charge in [0.1, 0.15) is 19.0 Å². The van der Waals surface area contributed by atoms with E-state index in [9.17, 15) is 8.42 Å². The van der Waals surface area contributed by atoms with Crippen molar-refractivity contribution in [3.63, 3.8) is 0 Å². The Hall–Kier alpha value is -3.26. The van der Waals surface area contributed by atoms with E-state index in [2.05, 4.69) is 15.0 Å². The highest BCUT2D eigenvalue weighted by Crippen LogP contribution is 2.32. The molecular formula is C20H19N3O4S. The Morgan fingerprint density at radius 2 is 1.61 bits per heavy atom. The van der Waals surface area contributed by atoms with Gasteiger partial charge in [-0.2, -0.15) is 0 Å². The molecule has 0 fully saturated rings. The predicted molar refractivity (Wildman–Crippen MR) is 107 cm³/mol. The van der Waals surface area contributed by atoms with Crippen LogP contribution in [0.2, 0.25) is 0 Å². The number of anilines is 3. The van der Waals surface area contributed by atoms with E-state index >= 15 is 0 Å². The van der Waals surface area contributed by atoms with Crippen molar-refractivity contribution in [3.05, 3.63) is 66.4 Å². The molecule has 2 aromatic carbocycles. The molecule has 28 heavy (non-hydrogen) atoms. The maximum Gasteiger partial charge on any atom is 0.262 e. The van der Waals surface area contributed by atoms with Crippen molar-refractivity contribution in [1.29, 1.82) is 0 Å². The van der Waals surface area contributed by atoms with Crippen LogP contribution < -0.4 is 19.5 Å². The van der Waals surface area contributed by atoms with Gasteiger partial charge >= 0.3 is 0 Å². The summed E-state index contributed by atoms with van der Waals surface area (Å²) in [6, 6.07) is 15.8. The van der Waals surface area contributed by atoms with Gasteiger partial charge < -0.3 is 14.8 Å². The van der Waals surface area contributed by atoms with Gasteiger partial charge in [0.15, 0.2) is 11.5 Å². The first-order chi connectivity index (χ1) is 13.5. The molecule has 0 bridgehead atoms. The topological polar surface area (TPSA) is 89.5 Å². The third-order valence-corrected chi connectivity index (χ3v) is 5.54.